The van der Waals surface area contributed by atoms with E-state index in [1.54, 1.807) is 18.2 Å². The number of carbonyl (C=O) groups excluding carboxylic acids is 1. The first-order valence-corrected chi connectivity index (χ1v) is 9.96. The lowest BCUT2D eigenvalue weighted by molar-refractivity contribution is 0.102. The minimum atomic E-state index is -0.264. The van der Waals surface area contributed by atoms with Gasteiger partial charge >= 0.3 is 0 Å². The molecule has 0 unspecified atom stereocenters. The predicted octanol–water partition coefficient (Wildman–Crippen LogP) is 5.07. The fourth-order valence-electron chi connectivity index (χ4n) is 3.21. The number of aromatic nitrogens is 2. The molecule has 7 heteroatoms. The van der Waals surface area contributed by atoms with E-state index in [1.165, 1.54) is 4.57 Å². The Balaban J connectivity index is 1.53. The van der Waals surface area contributed by atoms with E-state index in [9.17, 15) is 9.59 Å². The summed E-state index contributed by atoms with van der Waals surface area (Å²) in [5.41, 5.74) is 3.41. The van der Waals surface area contributed by atoms with E-state index in [-0.39, 0.29) is 11.5 Å². The van der Waals surface area contributed by atoms with Crippen LogP contribution in [0.2, 0.25) is 0 Å². The zero-order valence-corrected chi connectivity index (χ0v) is 17.1. The second-order valence-electron chi connectivity index (χ2n) is 6.76. The molecule has 30 heavy (non-hydrogen) atoms. The molecule has 4 aromatic rings. The fourth-order valence-corrected chi connectivity index (χ4v) is 3.53. The molecule has 0 aliphatic rings. The number of H-pyrrole nitrogens is 1. The molecule has 0 fully saturated rings. The fraction of sp³-hybridized carbons (Fsp3) is 0.0870. The van der Waals surface area contributed by atoms with E-state index in [2.05, 4.69) is 15.6 Å². The monoisotopic (exact) mass is 416 g/mol. The Kier molecular flexibility index (Phi) is 5.45. The Morgan fingerprint density at radius 1 is 0.967 bits per heavy atom. The molecule has 0 atom stereocenters. The van der Waals surface area contributed by atoms with E-state index in [0.717, 1.165) is 11.4 Å². The summed E-state index contributed by atoms with van der Waals surface area (Å²) in [7, 11) is 0. The zero-order valence-electron chi connectivity index (χ0n) is 16.3. The van der Waals surface area contributed by atoms with Crippen LogP contribution in [0, 0.1) is 4.77 Å². The van der Waals surface area contributed by atoms with Gasteiger partial charge in [-0.1, -0.05) is 18.2 Å². The molecule has 3 aromatic carbocycles. The van der Waals surface area contributed by atoms with Crippen molar-refractivity contribution in [1.29, 1.82) is 0 Å². The third-order valence-corrected chi connectivity index (χ3v) is 5.09. The van der Waals surface area contributed by atoms with Gasteiger partial charge in [0.25, 0.3) is 11.5 Å². The van der Waals surface area contributed by atoms with E-state index in [4.69, 9.17) is 12.2 Å². The van der Waals surface area contributed by atoms with Gasteiger partial charge in [-0.3, -0.25) is 14.2 Å². The van der Waals surface area contributed by atoms with Gasteiger partial charge in [-0.05, 0) is 73.7 Å². The van der Waals surface area contributed by atoms with E-state index >= 15 is 0 Å². The molecule has 0 saturated heterocycles. The maximum Gasteiger partial charge on any atom is 0.262 e. The van der Waals surface area contributed by atoms with Crippen molar-refractivity contribution in [3.8, 4) is 0 Å². The summed E-state index contributed by atoms with van der Waals surface area (Å²) in [6.45, 7) is 2.35. The van der Waals surface area contributed by atoms with Crippen LogP contribution >= 0.6 is 12.2 Å². The summed E-state index contributed by atoms with van der Waals surface area (Å²) >= 11 is 5.24. The number of hydrogen-bond acceptors (Lipinski definition) is 4. The molecule has 1 aromatic heterocycles. The summed E-state index contributed by atoms with van der Waals surface area (Å²) in [4.78, 5) is 28.2. The summed E-state index contributed by atoms with van der Waals surface area (Å²) in [5, 5.41) is 6.67. The largest absolute Gasteiger partial charge is 0.356 e. The summed E-state index contributed by atoms with van der Waals surface area (Å²) in [5.74, 6) is -0.264. The summed E-state index contributed by atoms with van der Waals surface area (Å²) in [6.07, 6.45) is 0. The molecule has 1 amide bonds. The highest BCUT2D eigenvalue weighted by Crippen LogP contribution is 2.19. The highest BCUT2D eigenvalue weighted by atomic mass is 32.1. The van der Waals surface area contributed by atoms with E-state index in [0.29, 0.717) is 33.5 Å². The zero-order chi connectivity index (χ0) is 21.1. The van der Waals surface area contributed by atoms with Gasteiger partial charge in [-0.2, -0.15) is 0 Å². The van der Waals surface area contributed by atoms with Crippen LogP contribution in [0.3, 0.4) is 0 Å². The molecule has 1 heterocycles. The minimum Gasteiger partial charge on any atom is -0.356 e. The molecule has 0 saturated carbocycles. The van der Waals surface area contributed by atoms with Gasteiger partial charge in [0.15, 0.2) is 4.77 Å². The molecular formula is C23H20N4O2S. The molecule has 0 spiro atoms. The topological polar surface area (TPSA) is 78.9 Å². The third kappa shape index (κ3) is 4.01. The van der Waals surface area contributed by atoms with Crippen molar-refractivity contribution in [2.24, 2.45) is 0 Å². The average molecular weight is 417 g/mol. The molecule has 4 rings (SSSR count). The minimum absolute atomic E-state index is 0.162. The van der Waals surface area contributed by atoms with Crippen LogP contribution in [0.15, 0.2) is 77.6 Å². The van der Waals surface area contributed by atoms with Crippen molar-refractivity contribution < 1.29 is 4.79 Å². The van der Waals surface area contributed by atoms with Crippen LogP contribution < -0.4 is 16.2 Å². The van der Waals surface area contributed by atoms with Gasteiger partial charge in [-0.25, -0.2) is 0 Å². The Morgan fingerprint density at radius 3 is 2.33 bits per heavy atom. The first kappa shape index (κ1) is 19.6. The Labute approximate surface area is 178 Å². The number of nitrogens with zero attached hydrogens (tertiary/aromatic N) is 1. The predicted molar refractivity (Wildman–Crippen MR) is 123 cm³/mol. The van der Waals surface area contributed by atoms with E-state index < -0.39 is 0 Å². The number of aromatic amines is 1. The maximum absolute atomic E-state index is 12.7. The first-order chi connectivity index (χ1) is 14.5. The van der Waals surface area contributed by atoms with Gasteiger partial charge in [-0.15, -0.1) is 0 Å². The second-order valence-corrected chi connectivity index (χ2v) is 7.15. The number of anilines is 3. The lowest BCUT2D eigenvalue weighted by atomic mass is 10.1. The van der Waals surface area contributed by atoms with Gasteiger partial charge < -0.3 is 15.6 Å². The standard InChI is InChI=1S/C23H20N4O2S/c1-2-27-22(29)19-13-8-15(14-20(19)26-23(27)30)21(28)25-18-11-9-17(10-12-18)24-16-6-4-3-5-7-16/h3-14,24H,2H2,1H3,(H,25,28)(H,26,30). The highest BCUT2D eigenvalue weighted by Gasteiger charge is 2.10. The van der Waals surface area contributed by atoms with Crippen molar-refractivity contribution >= 4 is 46.1 Å². The summed E-state index contributed by atoms with van der Waals surface area (Å²) < 4.78 is 1.83. The number of carbonyl (C=O) groups is 1. The van der Waals surface area contributed by atoms with Crippen LogP contribution in [0.25, 0.3) is 10.9 Å². The highest BCUT2D eigenvalue weighted by molar-refractivity contribution is 7.71. The Hall–Kier alpha value is -3.71. The molecule has 0 aliphatic carbocycles. The second kappa shape index (κ2) is 8.34. The normalized spacial score (nSPS) is 10.7. The molecule has 3 N–H and O–H groups in total. The van der Waals surface area contributed by atoms with Crippen LogP contribution in [-0.2, 0) is 6.54 Å². The average Bonchev–Trinajstić information content (AvgIpc) is 2.76. The van der Waals surface area contributed by atoms with Crippen molar-refractivity contribution in [2.75, 3.05) is 10.6 Å². The molecule has 0 radical (unpaired) electrons. The van der Waals surface area contributed by atoms with Gasteiger partial charge in [0.2, 0.25) is 0 Å². The number of benzene rings is 3. The maximum atomic E-state index is 12.7. The first-order valence-electron chi connectivity index (χ1n) is 9.55. The van der Waals surface area contributed by atoms with Crippen LogP contribution in [-0.4, -0.2) is 15.5 Å². The van der Waals surface area contributed by atoms with Gasteiger partial charge in [0.1, 0.15) is 0 Å². The lowest BCUT2D eigenvalue weighted by Gasteiger charge is -2.10. The quantitative estimate of drug-likeness (QED) is 0.397. The molecule has 6 nitrogen and oxygen atoms in total. The molecule has 150 valence electrons. The van der Waals surface area contributed by atoms with Crippen molar-refractivity contribution in [3.63, 3.8) is 0 Å². The van der Waals surface area contributed by atoms with Crippen molar-refractivity contribution in [1.82, 2.24) is 9.55 Å². The van der Waals surface area contributed by atoms with Crippen molar-refractivity contribution in [3.05, 3.63) is 93.5 Å². The molecule has 0 bridgehead atoms. The molecule has 0 aliphatic heterocycles. The Morgan fingerprint density at radius 2 is 1.63 bits per heavy atom. The number of fused-ring (bicyclic) bond motifs is 1. The van der Waals surface area contributed by atoms with Crippen LogP contribution in [0.5, 0.6) is 0 Å². The number of nitrogens with one attached hydrogen (secondary N) is 3. The van der Waals surface area contributed by atoms with Gasteiger partial charge in [0.05, 0.1) is 10.9 Å². The number of rotatable bonds is 5. The number of hydrogen-bond donors (Lipinski definition) is 3. The summed E-state index contributed by atoms with van der Waals surface area (Å²) in [6, 6.07) is 22.2. The Bertz CT molecular complexity index is 1330. The van der Waals surface area contributed by atoms with Gasteiger partial charge in [0, 0.05) is 29.2 Å². The van der Waals surface area contributed by atoms with Crippen molar-refractivity contribution in [2.45, 2.75) is 13.5 Å². The number of amides is 1. The lowest BCUT2D eigenvalue weighted by Crippen LogP contribution is -2.21. The van der Waals surface area contributed by atoms with Crippen LogP contribution in [0.4, 0.5) is 17.1 Å². The SMILES string of the molecule is CCn1c(=S)[nH]c2cc(C(=O)Nc3ccc(Nc4ccccc4)cc3)ccc2c1=O. The van der Waals surface area contributed by atoms with E-state index in [1.807, 2.05) is 61.5 Å². The smallest absolute Gasteiger partial charge is 0.262 e. The third-order valence-electron chi connectivity index (χ3n) is 4.77. The number of para-hydroxylation sites is 1. The van der Waals surface area contributed by atoms with Crippen LogP contribution in [0.1, 0.15) is 17.3 Å². The molecular weight excluding hydrogens is 396 g/mol.